The van der Waals surface area contributed by atoms with Gasteiger partial charge in [-0.2, -0.15) is 9.78 Å². The van der Waals surface area contributed by atoms with Crippen molar-refractivity contribution in [3.8, 4) is 17.2 Å². The summed E-state index contributed by atoms with van der Waals surface area (Å²) < 4.78 is 8.23. The van der Waals surface area contributed by atoms with Gasteiger partial charge in [0.1, 0.15) is 11.5 Å². The Bertz CT molecular complexity index is 1140. The van der Waals surface area contributed by atoms with Crippen LogP contribution >= 0.6 is 11.6 Å². The molecule has 1 aliphatic rings. The summed E-state index contributed by atoms with van der Waals surface area (Å²) in [6, 6.07) is 10.9. The summed E-state index contributed by atoms with van der Waals surface area (Å²) in [6.07, 6.45) is 7.68. The number of furan rings is 1. The van der Waals surface area contributed by atoms with E-state index in [1.165, 1.54) is 17.0 Å². The van der Waals surface area contributed by atoms with E-state index in [-0.39, 0.29) is 18.2 Å². The number of imidazole rings is 1. The molecule has 2 N–H and O–H groups in total. The van der Waals surface area contributed by atoms with Crippen molar-refractivity contribution in [1.82, 2.24) is 14.1 Å². The number of aromatic hydroxyl groups is 1. The van der Waals surface area contributed by atoms with Crippen molar-refractivity contribution in [2.45, 2.75) is 38.6 Å². The number of aliphatic hydroxyl groups is 1. The molecule has 0 atom stereocenters. The van der Waals surface area contributed by atoms with E-state index >= 15 is 0 Å². The molecule has 182 valence electrons. The van der Waals surface area contributed by atoms with Crippen LogP contribution in [0.4, 0.5) is 0 Å². The lowest BCUT2D eigenvalue weighted by molar-refractivity contribution is 0.156. The summed E-state index contributed by atoms with van der Waals surface area (Å²) in [7, 11) is 0. The van der Waals surface area contributed by atoms with Crippen LogP contribution in [0.25, 0.3) is 11.3 Å². The van der Waals surface area contributed by atoms with Crippen LogP contribution in [-0.2, 0) is 6.54 Å². The zero-order valence-electron chi connectivity index (χ0n) is 19.1. The Morgan fingerprint density at radius 2 is 1.82 bits per heavy atom. The molecule has 1 aliphatic heterocycles. The normalized spacial score (nSPS) is 15.5. The highest BCUT2D eigenvalue weighted by atomic mass is 35.5. The van der Waals surface area contributed by atoms with Gasteiger partial charge in [0.05, 0.1) is 12.4 Å². The Morgan fingerprint density at radius 1 is 1.09 bits per heavy atom. The molecule has 3 heterocycles. The van der Waals surface area contributed by atoms with Gasteiger partial charge in [-0.3, -0.25) is 4.57 Å². The molecular weight excluding hydrogens is 456 g/mol. The first-order chi connectivity index (χ1) is 16.5. The fourth-order valence-corrected chi connectivity index (χ4v) is 4.47. The van der Waals surface area contributed by atoms with E-state index in [9.17, 15) is 9.90 Å². The van der Waals surface area contributed by atoms with Crippen molar-refractivity contribution in [3.05, 3.63) is 63.9 Å². The average Bonchev–Trinajstić information content (AvgIpc) is 3.42. The second-order valence-electron chi connectivity index (χ2n) is 8.72. The number of hydrogen-bond acceptors (Lipinski definition) is 6. The minimum Gasteiger partial charge on any atom is -0.493 e. The van der Waals surface area contributed by atoms with Gasteiger partial charge in [0.2, 0.25) is 5.88 Å². The molecule has 0 aliphatic carbocycles. The third kappa shape index (κ3) is 6.20. The monoisotopic (exact) mass is 486 g/mol. The summed E-state index contributed by atoms with van der Waals surface area (Å²) in [5.74, 6) is 1.70. The highest BCUT2D eigenvalue weighted by molar-refractivity contribution is 6.30. The Labute approximate surface area is 203 Å². The lowest BCUT2D eigenvalue weighted by atomic mass is 9.94. The smallest absolute Gasteiger partial charge is 0.351 e. The number of unbranched alkanes of at least 4 members (excludes halogenated alkanes) is 1. The molecule has 34 heavy (non-hydrogen) atoms. The molecule has 1 saturated heterocycles. The predicted molar refractivity (Wildman–Crippen MR) is 133 cm³/mol. The zero-order valence-corrected chi connectivity index (χ0v) is 19.9. The van der Waals surface area contributed by atoms with Crippen LogP contribution in [0.15, 0.2) is 56.9 Å². The molecule has 0 unspecified atom stereocenters. The van der Waals surface area contributed by atoms with Crippen LogP contribution in [0.2, 0.25) is 5.02 Å². The maximum absolute atomic E-state index is 12.6. The molecule has 8 nitrogen and oxygen atoms in total. The van der Waals surface area contributed by atoms with Crippen molar-refractivity contribution >= 4 is 17.8 Å². The second-order valence-corrected chi connectivity index (χ2v) is 9.16. The van der Waals surface area contributed by atoms with Crippen molar-refractivity contribution in [2.24, 2.45) is 11.0 Å². The molecule has 9 heteroatoms. The van der Waals surface area contributed by atoms with Crippen molar-refractivity contribution < 1.29 is 14.6 Å². The van der Waals surface area contributed by atoms with Gasteiger partial charge in [0.25, 0.3) is 0 Å². The van der Waals surface area contributed by atoms with E-state index in [1.807, 2.05) is 18.2 Å². The Balaban J connectivity index is 1.28. The highest BCUT2D eigenvalue weighted by Crippen LogP contribution is 2.23. The van der Waals surface area contributed by atoms with Gasteiger partial charge < -0.3 is 19.5 Å². The lowest BCUT2D eigenvalue weighted by Crippen LogP contribution is -2.34. The minimum atomic E-state index is -0.386. The van der Waals surface area contributed by atoms with E-state index in [0.29, 0.717) is 29.0 Å². The van der Waals surface area contributed by atoms with Gasteiger partial charge in [0, 0.05) is 23.7 Å². The predicted octanol–water partition coefficient (Wildman–Crippen LogP) is 4.03. The first kappa shape index (κ1) is 24.3. The molecule has 0 amide bonds. The summed E-state index contributed by atoms with van der Waals surface area (Å²) >= 11 is 5.93. The summed E-state index contributed by atoms with van der Waals surface area (Å²) in [6.45, 7) is 3.82. The van der Waals surface area contributed by atoms with E-state index in [1.54, 1.807) is 18.2 Å². The Hall–Kier alpha value is -2.81. The first-order valence-corrected chi connectivity index (χ1v) is 12.2. The summed E-state index contributed by atoms with van der Waals surface area (Å²) in [5, 5.41) is 24.1. The van der Waals surface area contributed by atoms with Crippen molar-refractivity contribution in [1.29, 1.82) is 0 Å². The van der Waals surface area contributed by atoms with Gasteiger partial charge in [-0.05, 0) is 94.1 Å². The third-order valence-corrected chi connectivity index (χ3v) is 6.61. The van der Waals surface area contributed by atoms with Crippen molar-refractivity contribution in [3.63, 3.8) is 0 Å². The maximum Gasteiger partial charge on any atom is 0.351 e. The number of nitrogens with zero attached hydrogens (tertiary/aromatic N) is 4. The van der Waals surface area contributed by atoms with Gasteiger partial charge in [-0.1, -0.05) is 11.6 Å². The van der Waals surface area contributed by atoms with E-state index in [0.717, 1.165) is 62.0 Å². The molecule has 2 aromatic heterocycles. The molecule has 1 fully saturated rings. The Morgan fingerprint density at radius 3 is 2.56 bits per heavy atom. The first-order valence-electron chi connectivity index (χ1n) is 11.8. The standard InChI is InChI=1S/C25H31ClN4O4/c26-21-5-3-20(4-6-21)23-8-7-22(34-23)17-27-30-18-24(32)29(25(30)33)13-2-1-12-28-14-9-19(10-15-28)11-16-31/h3-8,17-19,31-32H,1-2,9-16H2. The molecule has 0 bridgehead atoms. The third-order valence-electron chi connectivity index (χ3n) is 6.36. The largest absolute Gasteiger partial charge is 0.493 e. The molecule has 0 radical (unpaired) electrons. The van der Waals surface area contributed by atoms with Gasteiger partial charge in [-0.25, -0.2) is 4.79 Å². The molecule has 4 rings (SSSR count). The minimum absolute atomic E-state index is 0.103. The van der Waals surface area contributed by atoms with Crippen LogP contribution in [0.3, 0.4) is 0 Å². The highest BCUT2D eigenvalue weighted by Gasteiger charge is 2.18. The van der Waals surface area contributed by atoms with E-state index in [2.05, 4.69) is 10.0 Å². The lowest BCUT2D eigenvalue weighted by Gasteiger charge is -2.31. The van der Waals surface area contributed by atoms with Crippen molar-refractivity contribution in [2.75, 3.05) is 26.2 Å². The van der Waals surface area contributed by atoms with E-state index in [4.69, 9.17) is 21.1 Å². The number of hydrogen-bond donors (Lipinski definition) is 2. The number of aromatic nitrogens is 2. The number of aliphatic hydroxyl groups excluding tert-OH is 1. The second kappa shape index (κ2) is 11.6. The van der Waals surface area contributed by atoms with Crippen LogP contribution in [-0.4, -0.2) is 56.8 Å². The number of likely N-dealkylation sites (tertiary alicyclic amines) is 1. The topological polar surface area (TPSA) is 96.1 Å². The molecule has 0 saturated carbocycles. The average molecular weight is 487 g/mol. The van der Waals surface area contributed by atoms with Gasteiger partial charge >= 0.3 is 5.69 Å². The van der Waals surface area contributed by atoms with Crippen LogP contribution in [0.5, 0.6) is 5.88 Å². The summed E-state index contributed by atoms with van der Waals surface area (Å²) in [4.78, 5) is 15.1. The summed E-state index contributed by atoms with van der Waals surface area (Å²) in [5.41, 5.74) is 0.502. The van der Waals surface area contributed by atoms with Gasteiger partial charge in [0.15, 0.2) is 0 Å². The molecule has 3 aromatic rings. The number of rotatable bonds is 10. The molecule has 1 aromatic carbocycles. The van der Waals surface area contributed by atoms with Crippen LogP contribution in [0.1, 0.15) is 37.9 Å². The zero-order chi connectivity index (χ0) is 23.9. The van der Waals surface area contributed by atoms with Crippen LogP contribution in [0, 0.1) is 5.92 Å². The van der Waals surface area contributed by atoms with Gasteiger partial charge in [-0.15, -0.1) is 0 Å². The fraction of sp³-hybridized carbons (Fsp3) is 0.440. The number of piperidine rings is 1. The molecular formula is C25H31ClN4O4. The van der Waals surface area contributed by atoms with Crippen LogP contribution < -0.4 is 5.69 Å². The number of benzene rings is 1. The maximum atomic E-state index is 12.6. The quantitative estimate of drug-likeness (QED) is 0.333. The Kier molecular flexibility index (Phi) is 8.26. The number of halogens is 1. The fourth-order valence-electron chi connectivity index (χ4n) is 4.35. The SMILES string of the molecule is O=c1n(N=Cc2ccc(-c3ccc(Cl)cc3)o2)cc(O)n1CCCCN1CCC(CCO)CC1. The molecule has 0 spiro atoms. The van der Waals surface area contributed by atoms with E-state index < -0.39 is 0 Å².